The average molecular weight is 324 g/mol. The Labute approximate surface area is 132 Å². The van der Waals surface area contributed by atoms with Crippen LogP contribution in [0.3, 0.4) is 0 Å². The quantitative estimate of drug-likeness (QED) is 0.925. The van der Waals surface area contributed by atoms with Crippen molar-refractivity contribution in [1.29, 1.82) is 0 Å². The first-order valence-electron chi connectivity index (χ1n) is 7.64. The van der Waals surface area contributed by atoms with Gasteiger partial charge in [-0.3, -0.25) is 9.10 Å². The van der Waals surface area contributed by atoms with Crippen LogP contribution < -0.4 is 9.62 Å². The van der Waals surface area contributed by atoms with E-state index in [1.807, 2.05) is 6.92 Å². The number of carbonyl (C=O) groups excluding carboxylic acids is 1. The molecule has 1 aromatic rings. The van der Waals surface area contributed by atoms with Crippen LogP contribution in [-0.2, 0) is 10.0 Å². The number of sulfonamides is 1. The maximum Gasteiger partial charge on any atom is 0.251 e. The molecule has 0 aromatic heterocycles. The fourth-order valence-corrected chi connectivity index (χ4v) is 3.34. The number of anilines is 1. The molecule has 0 radical (unpaired) electrons. The summed E-state index contributed by atoms with van der Waals surface area (Å²) >= 11 is 0. The molecule has 1 aliphatic carbocycles. The summed E-state index contributed by atoms with van der Waals surface area (Å²) in [6.07, 6.45) is 6.74. The molecule has 0 heterocycles. The topological polar surface area (TPSA) is 66.5 Å². The Morgan fingerprint density at radius 2 is 1.86 bits per heavy atom. The molecule has 1 fully saturated rings. The predicted octanol–water partition coefficient (Wildman–Crippen LogP) is 2.45. The number of nitrogens with zero attached hydrogens (tertiary/aromatic N) is 1. The Morgan fingerprint density at radius 3 is 2.45 bits per heavy atom. The van der Waals surface area contributed by atoms with Crippen molar-refractivity contribution >= 4 is 21.6 Å². The van der Waals surface area contributed by atoms with Crippen molar-refractivity contribution in [2.24, 2.45) is 0 Å². The molecule has 1 N–H and O–H groups in total. The lowest BCUT2D eigenvalue weighted by molar-refractivity contribution is 0.0927. The average Bonchev–Trinajstić information content (AvgIpc) is 2.47. The van der Waals surface area contributed by atoms with Gasteiger partial charge < -0.3 is 5.32 Å². The lowest BCUT2D eigenvalue weighted by Gasteiger charge is -2.23. The number of carbonyl (C=O) groups is 1. The van der Waals surface area contributed by atoms with Crippen molar-refractivity contribution in [1.82, 2.24) is 5.32 Å². The van der Waals surface area contributed by atoms with Gasteiger partial charge in [-0.1, -0.05) is 25.3 Å². The standard InChI is InChI=1S/C16H24N2O3S/c1-12-9-10-13(11-15(12)18(2)22(3,20)21)16(19)17-14-7-5-4-6-8-14/h9-11,14H,4-8H2,1-3H3,(H,17,19). The van der Waals surface area contributed by atoms with Crippen LogP contribution in [0.2, 0.25) is 0 Å². The summed E-state index contributed by atoms with van der Waals surface area (Å²) in [7, 11) is -1.85. The van der Waals surface area contributed by atoms with Crippen LogP contribution in [0.5, 0.6) is 0 Å². The van der Waals surface area contributed by atoms with Crippen LogP contribution >= 0.6 is 0 Å². The highest BCUT2D eigenvalue weighted by molar-refractivity contribution is 7.92. The van der Waals surface area contributed by atoms with E-state index < -0.39 is 10.0 Å². The minimum atomic E-state index is -3.35. The lowest BCUT2D eigenvalue weighted by atomic mass is 9.95. The summed E-state index contributed by atoms with van der Waals surface area (Å²) in [6, 6.07) is 5.41. The van der Waals surface area contributed by atoms with Crippen molar-refractivity contribution in [3.8, 4) is 0 Å². The van der Waals surface area contributed by atoms with Gasteiger partial charge in [-0.05, 0) is 37.5 Å². The van der Waals surface area contributed by atoms with E-state index >= 15 is 0 Å². The van der Waals surface area contributed by atoms with Gasteiger partial charge in [0.05, 0.1) is 11.9 Å². The van der Waals surface area contributed by atoms with Crippen LogP contribution in [0, 0.1) is 6.92 Å². The highest BCUT2D eigenvalue weighted by atomic mass is 32.2. The molecule has 1 aliphatic rings. The fourth-order valence-electron chi connectivity index (χ4n) is 2.78. The largest absolute Gasteiger partial charge is 0.349 e. The van der Waals surface area contributed by atoms with Crippen LogP contribution in [0.4, 0.5) is 5.69 Å². The number of nitrogens with one attached hydrogen (secondary N) is 1. The number of amides is 1. The van der Waals surface area contributed by atoms with Gasteiger partial charge in [-0.25, -0.2) is 8.42 Å². The number of rotatable bonds is 4. The van der Waals surface area contributed by atoms with E-state index in [1.165, 1.54) is 17.8 Å². The molecule has 122 valence electrons. The first-order chi connectivity index (χ1) is 10.3. The Morgan fingerprint density at radius 1 is 1.23 bits per heavy atom. The maximum absolute atomic E-state index is 12.4. The van der Waals surface area contributed by atoms with Crippen LogP contribution in [0.1, 0.15) is 48.0 Å². The Balaban J connectivity index is 2.19. The first kappa shape index (κ1) is 16.8. The van der Waals surface area contributed by atoms with Gasteiger partial charge in [0.15, 0.2) is 0 Å². The van der Waals surface area contributed by atoms with E-state index in [-0.39, 0.29) is 11.9 Å². The number of hydrogen-bond acceptors (Lipinski definition) is 3. The van der Waals surface area contributed by atoms with E-state index in [4.69, 9.17) is 0 Å². The molecule has 0 saturated heterocycles. The van der Waals surface area contributed by atoms with E-state index in [2.05, 4.69) is 5.32 Å². The Bertz CT molecular complexity index is 649. The summed E-state index contributed by atoms with van der Waals surface area (Å²) in [4.78, 5) is 12.4. The third-order valence-electron chi connectivity index (χ3n) is 4.25. The minimum absolute atomic E-state index is 0.130. The van der Waals surface area contributed by atoms with Crippen molar-refractivity contribution in [2.75, 3.05) is 17.6 Å². The second kappa shape index (κ2) is 6.69. The molecule has 22 heavy (non-hydrogen) atoms. The molecule has 2 rings (SSSR count). The summed E-state index contributed by atoms with van der Waals surface area (Å²) in [5.41, 5.74) is 1.86. The molecule has 5 nitrogen and oxygen atoms in total. The van der Waals surface area contributed by atoms with E-state index in [1.54, 1.807) is 18.2 Å². The van der Waals surface area contributed by atoms with Gasteiger partial charge >= 0.3 is 0 Å². The van der Waals surface area contributed by atoms with Crippen LogP contribution in [-0.4, -0.2) is 33.7 Å². The van der Waals surface area contributed by atoms with Crippen molar-refractivity contribution in [3.05, 3.63) is 29.3 Å². The zero-order valence-corrected chi connectivity index (χ0v) is 14.2. The molecular formula is C16H24N2O3S. The van der Waals surface area contributed by atoms with Crippen molar-refractivity contribution in [2.45, 2.75) is 45.1 Å². The summed E-state index contributed by atoms with van der Waals surface area (Å²) in [5, 5.41) is 3.05. The third kappa shape index (κ3) is 4.00. The molecule has 1 amide bonds. The highest BCUT2D eigenvalue weighted by Gasteiger charge is 2.19. The lowest BCUT2D eigenvalue weighted by Crippen LogP contribution is -2.36. The maximum atomic E-state index is 12.4. The summed E-state index contributed by atoms with van der Waals surface area (Å²) in [6.45, 7) is 1.83. The second-order valence-corrected chi connectivity index (χ2v) is 8.05. The van der Waals surface area contributed by atoms with Gasteiger partial charge in [-0.15, -0.1) is 0 Å². The molecule has 0 atom stereocenters. The normalized spacial score (nSPS) is 16.3. The van der Waals surface area contributed by atoms with Gasteiger partial charge in [0.2, 0.25) is 10.0 Å². The number of benzene rings is 1. The Hall–Kier alpha value is -1.56. The molecule has 0 bridgehead atoms. The first-order valence-corrected chi connectivity index (χ1v) is 9.49. The monoisotopic (exact) mass is 324 g/mol. The molecule has 1 saturated carbocycles. The van der Waals surface area contributed by atoms with Crippen molar-refractivity contribution in [3.63, 3.8) is 0 Å². The minimum Gasteiger partial charge on any atom is -0.349 e. The number of hydrogen-bond donors (Lipinski definition) is 1. The predicted molar refractivity (Wildman–Crippen MR) is 88.8 cm³/mol. The van der Waals surface area contributed by atoms with Gasteiger partial charge in [0.1, 0.15) is 0 Å². The highest BCUT2D eigenvalue weighted by Crippen LogP contribution is 2.23. The molecule has 0 unspecified atom stereocenters. The summed E-state index contributed by atoms with van der Waals surface area (Å²) in [5.74, 6) is -0.130. The van der Waals surface area contributed by atoms with Gasteiger partial charge in [0, 0.05) is 18.7 Å². The number of aryl methyl sites for hydroxylation is 1. The Kier molecular flexibility index (Phi) is 5.11. The van der Waals surface area contributed by atoms with E-state index in [0.29, 0.717) is 11.3 Å². The molecule has 0 spiro atoms. The molecule has 6 heteroatoms. The van der Waals surface area contributed by atoms with Gasteiger partial charge in [0.25, 0.3) is 5.91 Å². The van der Waals surface area contributed by atoms with E-state index in [0.717, 1.165) is 37.5 Å². The third-order valence-corrected chi connectivity index (χ3v) is 5.44. The molecular weight excluding hydrogens is 300 g/mol. The van der Waals surface area contributed by atoms with Crippen LogP contribution in [0.15, 0.2) is 18.2 Å². The van der Waals surface area contributed by atoms with Crippen LogP contribution in [0.25, 0.3) is 0 Å². The van der Waals surface area contributed by atoms with Gasteiger partial charge in [-0.2, -0.15) is 0 Å². The zero-order chi connectivity index (χ0) is 16.3. The zero-order valence-electron chi connectivity index (χ0n) is 13.4. The molecule has 0 aliphatic heterocycles. The van der Waals surface area contributed by atoms with Crippen molar-refractivity contribution < 1.29 is 13.2 Å². The SMILES string of the molecule is Cc1ccc(C(=O)NC2CCCCC2)cc1N(C)S(C)(=O)=O. The fraction of sp³-hybridized carbons (Fsp3) is 0.562. The summed E-state index contributed by atoms with van der Waals surface area (Å²) < 4.78 is 24.6. The molecule has 1 aromatic carbocycles. The second-order valence-electron chi connectivity index (χ2n) is 6.04. The smallest absolute Gasteiger partial charge is 0.251 e. The van der Waals surface area contributed by atoms with E-state index in [9.17, 15) is 13.2 Å².